The quantitative estimate of drug-likeness (QED) is 0.142. The number of para-hydroxylation sites is 1. The van der Waals surface area contributed by atoms with E-state index in [9.17, 15) is 24.2 Å². The van der Waals surface area contributed by atoms with Crippen molar-refractivity contribution in [3.8, 4) is 11.8 Å². The van der Waals surface area contributed by atoms with Crippen molar-refractivity contribution < 1.29 is 46.9 Å². The van der Waals surface area contributed by atoms with Crippen LogP contribution in [0.3, 0.4) is 0 Å². The van der Waals surface area contributed by atoms with Crippen LogP contribution in [-0.2, 0) is 42.4 Å². The van der Waals surface area contributed by atoms with Gasteiger partial charge < -0.3 is 29.2 Å². The van der Waals surface area contributed by atoms with Gasteiger partial charge in [0.1, 0.15) is 42.4 Å². The van der Waals surface area contributed by atoms with E-state index in [1.807, 2.05) is 6.07 Å². The minimum atomic E-state index is -4.52. The SMILES string of the molecule is CCC(=O)O[C@H]1[C@H](c2ccc3c(N)ncnn23)O[C@](C#N)(COP(=O)(N[C@@H](C)C(=O)OC(C)C)Oc2ccccc2)[C@H]1OC(=O)CC. The van der Waals surface area contributed by atoms with E-state index in [4.69, 9.17) is 33.7 Å². The molecule has 0 amide bonds. The summed E-state index contributed by atoms with van der Waals surface area (Å²) in [5.41, 5.74) is 4.47. The molecule has 2 aromatic heterocycles. The standard InChI is InChI=1S/C30H37N6O10P/c1-6-23(37)43-26-25(21-13-14-22-28(32)33-17-34-36(21)22)45-30(15-31,27(26)44-24(38)7-2)16-41-47(40,46-20-11-9-8-10-12-20)35-19(5)29(39)42-18(3)4/h8-14,17-19,25-27H,6-7,16H2,1-5H3,(H,35,40)(H2,32,33,34)/t19-,25-,26-,27-,30+,47?/m0/s1. The largest absolute Gasteiger partial charge is 0.462 e. The second kappa shape index (κ2) is 14.9. The highest BCUT2D eigenvalue weighted by atomic mass is 31.2. The van der Waals surface area contributed by atoms with Gasteiger partial charge in [0.05, 0.1) is 11.8 Å². The van der Waals surface area contributed by atoms with E-state index >= 15 is 0 Å². The molecule has 17 heteroatoms. The number of nitrogens with one attached hydrogen (secondary N) is 1. The molecule has 1 aliphatic rings. The number of carbonyl (C=O) groups excluding carboxylic acids is 3. The van der Waals surface area contributed by atoms with Gasteiger partial charge in [0.15, 0.2) is 18.0 Å². The van der Waals surface area contributed by atoms with Gasteiger partial charge in [0.25, 0.3) is 0 Å². The van der Waals surface area contributed by atoms with Gasteiger partial charge in [-0.05, 0) is 45.0 Å². The Kier molecular flexibility index (Phi) is 11.2. The van der Waals surface area contributed by atoms with Gasteiger partial charge in [-0.1, -0.05) is 32.0 Å². The lowest BCUT2D eigenvalue weighted by Crippen LogP contribution is -2.49. The van der Waals surface area contributed by atoms with Crippen LogP contribution in [0.4, 0.5) is 5.82 Å². The predicted molar refractivity (Wildman–Crippen MR) is 164 cm³/mol. The number of ether oxygens (including phenoxy) is 4. The zero-order valence-corrected chi connectivity index (χ0v) is 27.4. The third-order valence-corrected chi connectivity index (χ3v) is 8.59. The lowest BCUT2D eigenvalue weighted by molar-refractivity contribution is -0.169. The first-order valence-electron chi connectivity index (χ1n) is 14.9. The molecule has 0 bridgehead atoms. The Morgan fingerprint density at radius 2 is 1.79 bits per heavy atom. The number of rotatable bonds is 14. The lowest BCUT2D eigenvalue weighted by atomic mass is 9.95. The van der Waals surface area contributed by atoms with Crippen molar-refractivity contribution in [2.45, 2.75) is 83.5 Å². The van der Waals surface area contributed by atoms with E-state index in [2.05, 4.69) is 15.2 Å². The van der Waals surface area contributed by atoms with Crippen molar-refractivity contribution in [2.24, 2.45) is 0 Å². The number of nitrogen functional groups attached to an aromatic ring is 1. The summed E-state index contributed by atoms with van der Waals surface area (Å²) in [6.07, 6.45) is -3.64. The lowest BCUT2D eigenvalue weighted by Gasteiger charge is -2.30. The maximum atomic E-state index is 14.3. The zero-order chi connectivity index (χ0) is 34.4. The van der Waals surface area contributed by atoms with E-state index in [1.54, 1.807) is 51.1 Å². The third kappa shape index (κ3) is 8.06. The van der Waals surface area contributed by atoms with Crippen LogP contribution in [0.2, 0.25) is 0 Å². The second-order valence-electron chi connectivity index (χ2n) is 10.8. The van der Waals surface area contributed by atoms with Crippen LogP contribution in [0.25, 0.3) is 5.52 Å². The van der Waals surface area contributed by atoms with Crippen LogP contribution in [0.5, 0.6) is 5.75 Å². The Morgan fingerprint density at radius 1 is 1.11 bits per heavy atom. The topological polar surface area (TPSA) is 216 Å². The smallest absolute Gasteiger partial charge is 0.459 e. The molecule has 3 N–H and O–H groups in total. The number of nitriles is 1. The summed E-state index contributed by atoms with van der Waals surface area (Å²) in [5.74, 6) is -1.90. The molecule has 4 rings (SSSR count). The molecule has 16 nitrogen and oxygen atoms in total. The maximum absolute atomic E-state index is 14.3. The Hall–Kier alpha value is -4.55. The molecule has 0 saturated carbocycles. The monoisotopic (exact) mass is 672 g/mol. The second-order valence-corrected chi connectivity index (χ2v) is 12.5. The highest BCUT2D eigenvalue weighted by molar-refractivity contribution is 7.52. The average Bonchev–Trinajstić information content (AvgIpc) is 3.60. The summed E-state index contributed by atoms with van der Waals surface area (Å²) in [5, 5.41) is 17.4. The molecule has 1 saturated heterocycles. The molecule has 3 aromatic rings. The highest BCUT2D eigenvalue weighted by Gasteiger charge is 2.62. The number of fused-ring (bicyclic) bond motifs is 1. The number of benzene rings is 1. The number of hydrogen-bond donors (Lipinski definition) is 2. The van der Waals surface area contributed by atoms with Crippen LogP contribution in [0, 0.1) is 11.3 Å². The first-order valence-corrected chi connectivity index (χ1v) is 16.4. The first-order chi connectivity index (χ1) is 22.3. The summed E-state index contributed by atoms with van der Waals surface area (Å²) in [6.45, 7) is 6.96. The van der Waals surface area contributed by atoms with E-state index in [1.165, 1.54) is 36.8 Å². The Morgan fingerprint density at radius 3 is 2.43 bits per heavy atom. The number of hydrogen-bond acceptors (Lipinski definition) is 14. The summed E-state index contributed by atoms with van der Waals surface area (Å²) >= 11 is 0. The fraction of sp³-hybridized carbons (Fsp3) is 0.467. The van der Waals surface area contributed by atoms with Crippen molar-refractivity contribution in [1.82, 2.24) is 19.7 Å². The van der Waals surface area contributed by atoms with Crippen LogP contribution in [0.15, 0.2) is 48.8 Å². The minimum absolute atomic E-state index is 0.0495. The molecule has 0 aliphatic carbocycles. The molecular formula is C30H37N6O10P. The average molecular weight is 673 g/mol. The van der Waals surface area contributed by atoms with Crippen molar-refractivity contribution in [3.05, 3.63) is 54.5 Å². The molecule has 0 radical (unpaired) electrons. The van der Waals surface area contributed by atoms with Crippen molar-refractivity contribution >= 4 is 37.0 Å². The molecule has 0 spiro atoms. The minimum Gasteiger partial charge on any atom is -0.462 e. The molecule has 1 fully saturated rings. The Labute approximate surface area is 271 Å². The van der Waals surface area contributed by atoms with Gasteiger partial charge in [0.2, 0.25) is 5.60 Å². The number of esters is 3. The number of carbonyl (C=O) groups is 3. The Bertz CT molecular complexity index is 1680. The zero-order valence-electron chi connectivity index (χ0n) is 26.5. The van der Waals surface area contributed by atoms with E-state index in [-0.39, 0.29) is 30.1 Å². The van der Waals surface area contributed by atoms with Gasteiger partial charge in [-0.15, -0.1) is 0 Å². The number of anilines is 1. The third-order valence-electron chi connectivity index (χ3n) is 6.96. The summed E-state index contributed by atoms with van der Waals surface area (Å²) in [6, 6.07) is 12.0. The van der Waals surface area contributed by atoms with Gasteiger partial charge in [0, 0.05) is 12.8 Å². The van der Waals surface area contributed by atoms with E-state index in [0.29, 0.717) is 5.52 Å². The number of aromatic nitrogens is 3. The summed E-state index contributed by atoms with van der Waals surface area (Å²) in [4.78, 5) is 42.0. The van der Waals surface area contributed by atoms with Gasteiger partial charge in [-0.3, -0.25) is 18.9 Å². The van der Waals surface area contributed by atoms with Crippen molar-refractivity contribution in [3.63, 3.8) is 0 Å². The fourth-order valence-electron chi connectivity index (χ4n) is 4.70. The van der Waals surface area contributed by atoms with Crippen LogP contribution in [0.1, 0.15) is 59.3 Å². The van der Waals surface area contributed by atoms with E-state index < -0.39 is 68.3 Å². The van der Waals surface area contributed by atoms with Crippen molar-refractivity contribution in [1.29, 1.82) is 5.26 Å². The van der Waals surface area contributed by atoms with Crippen molar-refractivity contribution in [2.75, 3.05) is 12.3 Å². The van der Waals surface area contributed by atoms with Gasteiger partial charge in [-0.25, -0.2) is 14.1 Å². The maximum Gasteiger partial charge on any atom is 0.459 e. The first kappa shape index (κ1) is 35.3. The highest BCUT2D eigenvalue weighted by Crippen LogP contribution is 2.50. The summed E-state index contributed by atoms with van der Waals surface area (Å²) in [7, 11) is -4.52. The van der Waals surface area contributed by atoms with E-state index in [0.717, 1.165) is 0 Å². The molecule has 47 heavy (non-hydrogen) atoms. The predicted octanol–water partition coefficient (Wildman–Crippen LogP) is 3.42. The molecule has 3 heterocycles. The van der Waals surface area contributed by atoms with Gasteiger partial charge in [-0.2, -0.15) is 15.4 Å². The number of nitrogens with two attached hydrogens (primary N) is 1. The number of nitrogens with zero attached hydrogens (tertiary/aromatic N) is 4. The molecule has 252 valence electrons. The van der Waals surface area contributed by atoms with Crippen LogP contribution < -0.4 is 15.3 Å². The molecule has 6 atom stereocenters. The van der Waals surface area contributed by atoms with Crippen LogP contribution in [-0.4, -0.2) is 69.1 Å². The van der Waals surface area contributed by atoms with Crippen LogP contribution >= 0.6 is 7.75 Å². The Balaban J connectivity index is 1.77. The molecule has 1 unspecified atom stereocenters. The normalized spacial score (nSPS) is 22.6. The molecule has 1 aromatic carbocycles. The van der Waals surface area contributed by atoms with Gasteiger partial charge >= 0.3 is 25.7 Å². The summed E-state index contributed by atoms with van der Waals surface area (Å²) < 4.78 is 50.1. The molecular weight excluding hydrogens is 635 g/mol. The fourth-order valence-corrected chi connectivity index (χ4v) is 6.22. The molecule has 1 aliphatic heterocycles.